The lowest BCUT2D eigenvalue weighted by atomic mass is 10.3. The Kier molecular flexibility index (Phi) is 11.8. The van der Waals surface area contributed by atoms with Crippen LogP contribution in [0.1, 0.15) is 53.4 Å². The first-order valence-electron chi connectivity index (χ1n) is 9.00. The number of rotatable bonds is 12. The molecule has 0 aromatic rings. The van der Waals surface area contributed by atoms with E-state index in [0.29, 0.717) is 0 Å². The monoisotopic (exact) mass is 355 g/mol. The third-order valence-corrected chi connectivity index (χ3v) is 8.78. The third kappa shape index (κ3) is 6.29. The number of allylic oxidation sites excluding steroid dienone is 12. The molecule has 0 atom stereocenters. The normalized spacial score (nSPS) is 14.6. The predicted molar refractivity (Wildman–Crippen MR) is 121 cm³/mol. The summed E-state index contributed by atoms with van der Waals surface area (Å²) in [6.45, 7) is 26.2. The first-order chi connectivity index (χ1) is 11.9. The molecule has 0 heterocycles. The Hall–Kier alpha value is -1.65. The lowest BCUT2D eigenvalue weighted by Gasteiger charge is -2.32. The molecular formula is C24H36P+. The third-order valence-electron chi connectivity index (χ3n) is 4.25. The highest BCUT2D eigenvalue weighted by Crippen LogP contribution is 2.83. The SMILES string of the molecule is C=C(CC=CC)[P+](C(=C)CC=CC)(C(=C)CC=CC)C(=C)CC=CC. The molecule has 0 radical (unpaired) electrons. The first-order valence-corrected chi connectivity index (χ1v) is 10.8. The maximum atomic E-state index is 4.50. The van der Waals surface area contributed by atoms with E-state index in [1.54, 1.807) is 0 Å². The maximum absolute atomic E-state index is 4.50. The van der Waals surface area contributed by atoms with E-state index in [1.807, 2.05) is 27.7 Å². The molecular weight excluding hydrogens is 319 g/mol. The molecule has 0 saturated carbocycles. The summed E-state index contributed by atoms with van der Waals surface area (Å²) in [6, 6.07) is 0. The Morgan fingerprint density at radius 2 is 0.720 bits per heavy atom. The number of hydrogen-bond donors (Lipinski definition) is 0. The maximum Gasteiger partial charge on any atom is 0.126 e. The second kappa shape index (κ2) is 12.7. The van der Waals surface area contributed by atoms with Crippen LogP contribution in [0.25, 0.3) is 0 Å². The largest absolute Gasteiger partial charge is 0.126 e. The Labute approximate surface area is 157 Å². The second-order valence-corrected chi connectivity index (χ2v) is 9.90. The zero-order valence-electron chi connectivity index (χ0n) is 16.7. The molecule has 0 bridgehead atoms. The molecule has 0 nitrogen and oxygen atoms in total. The molecule has 0 saturated heterocycles. The van der Waals surface area contributed by atoms with Crippen LogP contribution in [0.15, 0.2) is 96.2 Å². The molecule has 0 unspecified atom stereocenters. The van der Waals surface area contributed by atoms with Gasteiger partial charge in [-0.25, -0.2) is 0 Å². The lowest BCUT2D eigenvalue weighted by Crippen LogP contribution is -2.05. The predicted octanol–water partition coefficient (Wildman–Crippen LogP) is 8.92. The van der Waals surface area contributed by atoms with Crippen molar-refractivity contribution in [1.29, 1.82) is 0 Å². The van der Waals surface area contributed by atoms with Crippen molar-refractivity contribution in [2.24, 2.45) is 0 Å². The topological polar surface area (TPSA) is 0 Å². The Morgan fingerprint density at radius 1 is 0.520 bits per heavy atom. The fourth-order valence-corrected chi connectivity index (χ4v) is 7.11. The van der Waals surface area contributed by atoms with Crippen molar-refractivity contribution in [2.45, 2.75) is 53.4 Å². The van der Waals surface area contributed by atoms with Gasteiger partial charge in [0.05, 0.1) is 21.3 Å². The molecule has 0 spiro atoms. The fraction of sp³-hybridized carbons (Fsp3) is 0.333. The second-order valence-electron chi connectivity index (χ2n) is 6.03. The molecule has 0 amide bonds. The minimum absolute atomic E-state index is 0.850. The summed E-state index contributed by atoms with van der Waals surface area (Å²) < 4.78 is 0. The van der Waals surface area contributed by atoms with Gasteiger partial charge in [-0.3, -0.25) is 0 Å². The van der Waals surface area contributed by atoms with Gasteiger partial charge in [0.1, 0.15) is 7.26 Å². The van der Waals surface area contributed by atoms with E-state index in [2.05, 4.69) is 74.9 Å². The van der Waals surface area contributed by atoms with Crippen molar-refractivity contribution in [2.75, 3.05) is 0 Å². The van der Waals surface area contributed by atoms with E-state index in [1.165, 1.54) is 21.3 Å². The molecule has 0 aliphatic carbocycles. The highest BCUT2D eigenvalue weighted by atomic mass is 31.2. The van der Waals surface area contributed by atoms with Gasteiger partial charge < -0.3 is 0 Å². The van der Waals surface area contributed by atoms with E-state index in [0.717, 1.165) is 25.7 Å². The molecule has 0 fully saturated rings. The Bertz CT molecular complexity index is 484. The number of hydrogen-bond acceptors (Lipinski definition) is 0. The van der Waals surface area contributed by atoms with Gasteiger partial charge in [0, 0.05) is 25.7 Å². The fourth-order valence-electron chi connectivity index (χ4n) is 2.90. The average Bonchev–Trinajstić information content (AvgIpc) is 2.61. The molecule has 25 heavy (non-hydrogen) atoms. The minimum Gasteiger partial charge on any atom is -0.0912 e. The van der Waals surface area contributed by atoms with Gasteiger partial charge in [0.2, 0.25) is 0 Å². The van der Waals surface area contributed by atoms with Crippen LogP contribution in [0, 0.1) is 0 Å². The van der Waals surface area contributed by atoms with Gasteiger partial charge >= 0.3 is 0 Å². The van der Waals surface area contributed by atoms with Crippen LogP contribution in [-0.4, -0.2) is 0 Å². The van der Waals surface area contributed by atoms with Crippen molar-refractivity contribution in [3.63, 3.8) is 0 Å². The molecule has 0 rings (SSSR count). The van der Waals surface area contributed by atoms with Gasteiger partial charge in [-0.15, -0.1) is 0 Å². The average molecular weight is 356 g/mol. The van der Waals surface area contributed by atoms with Crippen LogP contribution in [0.3, 0.4) is 0 Å². The summed E-state index contributed by atoms with van der Waals surface area (Å²) in [7, 11) is -1.96. The van der Waals surface area contributed by atoms with E-state index < -0.39 is 7.26 Å². The van der Waals surface area contributed by atoms with Crippen LogP contribution in [0.2, 0.25) is 0 Å². The summed E-state index contributed by atoms with van der Waals surface area (Å²) >= 11 is 0. The van der Waals surface area contributed by atoms with E-state index in [9.17, 15) is 0 Å². The van der Waals surface area contributed by atoms with Crippen molar-refractivity contribution in [1.82, 2.24) is 0 Å². The smallest absolute Gasteiger partial charge is 0.0912 e. The standard InChI is InChI=1S/C24H36P/c1-9-13-17-21(5)25(22(6)18-14-10-2,23(7)19-15-11-3)24(8)20-16-12-4/h9-16H,5-8,17-20H2,1-4H3/q+1. The van der Waals surface area contributed by atoms with Crippen molar-refractivity contribution >= 4 is 7.26 Å². The summed E-state index contributed by atoms with van der Waals surface area (Å²) in [5.41, 5.74) is 0. The molecule has 0 aromatic heterocycles. The first kappa shape index (κ1) is 23.4. The van der Waals surface area contributed by atoms with Gasteiger partial charge in [-0.1, -0.05) is 74.9 Å². The van der Waals surface area contributed by atoms with Crippen LogP contribution in [0.5, 0.6) is 0 Å². The lowest BCUT2D eigenvalue weighted by molar-refractivity contribution is 1.24. The van der Waals surface area contributed by atoms with Crippen LogP contribution < -0.4 is 0 Å². The summed E-state index contributed by atoms with van der Waals surface area (Å²) in [5, 5.41) is 4.85. The highest BCUT2D eigenvalue weighted by molar-refractivity contribution is 7.90. The van der Waals surface area contributed by atoms with Gasteiger partial charge in [0.25, 0.3) is 0 Å². The quantitative estimate of drug-likeness (QED) is 0.242. The minimum atomic E-state index is -1.96. The molecule has 0 N–H and O–H groups in total. The molecule has 0 aliphatic rings. The van der Waals surface area contributed by atoms with Crippen molar-refractivity contribution in [3.8, 4) is 0 Å². The Balaban J connectivity index is 6.26. The molecule has 0 aliphatic heterocycles. The molecule has 136 valence electrons. The summed E-state index contributed by atoms with van der Waals surface area (Å²) in [5.74, 6) is 0. The van der Waals surface area contributed by atoms with Crippen LogP contribution in [0.4, 0.5) is 0 Å². The molecule has 1 heteroatoms. The van der Waals surface area contributed by atoms with E-state index in [4.69, 9.17) is 0 Å². The van der Waals surface area contributed by atoms with Gasteiger partial charge in [-0.2, -0.15) is 0 Å². The zero-order chi connectivity index (χ0) is 19.3. The van der Waals surface area contributed by atoms with Crippen LogP contribution >= 0.6 is 7.26 Å². The van der Waals surface area contributed by atoms with Crippen LogP contribution in [-0.2, 0) is 0 Å². The van der Waals surface area contributed by atoms with Gasteiger partial charge in [0.15, 0.2) is 0 Å². The summed E-state index contributed by atoms with van der Waals surface area (Å²) in [6.07, 6.45) is 20.4. The van der Waals surface area contributed by atoms with Gasteiger partial charge in [-0.05, 0) is 27.7 Å². The zero-order valence-corrected chi connectivity index (χ0v) is 17.6. The molecule has 0 aromatic carbocycles. The highest BCUT2D eigenvalue weighted by Gasteiger charge is 2.48. The Morgan fingerprint density at radius 3 is 0.880 bits per heavy atom. The van der Waals surface area contributed by atoms with Crippen molar-refractivity contribution < 1.29 is 0 Å². The summed E-state index contributed by atoms with van der Waals surface area (Å²) in [4.78, 5) is 0. The van der Waals surface area contributed by atoms with E-state index >= 15 is 0 Å². The van der Waals surface area contributed by atoms with Crippen molar-refractivity contribution in [3.05, 3.63) is 96.2 Å². The van der Waals surface area contributed by atoms with E-state index in [-0.39, 0.29) is 0 Å².